The molecule has 1 aliphatic rings. The first-order chi connectivity index (χ1) is 16.9. The molecule has 2 N–H and O–H groups in total. The largest absolute Gasteiger partial charge is 0.497 e. The second kappa shape index (κ2) is 11.0. The molecule has 2 aromatic carbocycles. The number of thioether (sulfide) groups is 1. The van der Waals surface area contributed by atoms with E-state index in [4.69, 9.17) is 4.74 Å². The maximum Gasteiger partial charge on any atom is 0.255 e. The van der Waals surface area contributed by atoms with E-state index in [2.05, 4.69) is 23.6 Å². The second-order valence-electron chi connectivity index (χ2n) is 8.63. The number of rotatable bonds is 7. The number of hydrogen-bond donors (Lipinski definition) is 2. The molecule has 0 spiro atoms. The molecule has 0 bridgehead atoms. The van der Waals surface area contributed by atoms with E-state index in [1.165, 1.54) is 28.0 Å². The van der Waals surface area contributed by atoms with Crippen molar-refractivity contribution in [2.75, 3.05) is 17.7 Å². The summed E-state index contributed by atoms with van der Waals surface area (Å²) < 4.78 is 5.19. The Balaban J connectivity index is 1.41. The Labute approximate surface area is 213 Å². The number of hydrogen-bond acceptors (Lipinski definition) is 6. The summed E-state index contributed by atoms with van der Waals surface area (Å²) >= 11 is 2.93. The van der Waals surface area contributed by atoms with Gasteiger partial charge in [0.25, 0.3) is 5.91 Å². The molecule has 0 saturated heterocycles. The van der Waals surface area contributed by atoms with Gasteiger partial charge in [-0.3, -0.25) is 9.59 Å². The lowest BCUT2D eigenvalue weighted by molar-refractivity contribution is -0.115. The molecule has 1 aliphatic carbocycles. The summed E-state index contributed by atoms with van der Waals surface area (Å²) in [6.07, 6.45) is 2.93. The molecule has 2 atom stereocenters. The van der Waals surface area contributed by atoms with Crippen LogP contribution in [0.4, 0.5) is 10.7 Å². The number of carbonyl (C=O) groups excluding carboxylic acids is 2. The highest BCUT2D eigenvalue weighted by Gasteiger charge is 2.26. The number of benzene rings is 2. The molecule has 2 amide bonds. The number of fused-ring (bicyclic) bond motifs is 1. The quantitative estimate of drug-likeness (QED) is 0.377. The third-order valence-electron chi connectivity index (χ3n) is 5.97. The van der Waals surface area contributed by atoms with Crippen LogP contribution in [-0.4, -0.2) is 24.2 Å². The fraction of sp³-hybridized carbons (Fsp3) is 0.296. The maximum absolute atomic E-state index is 13.0. The van der Waals surface area contributed by atoms with Gasteiger partial charge >= 0.3 is 0 Å². The van der Waals surface area contributed by atoms with E-state index in [1.807, 2.05) is 31.2 Å². The SMILES string of the molecule is COc1cccc(C(=O)Nc2cccc(SC(C)C(=O)Nc3sc4c(c3C#N)CCC(C)C4)c2)c1. The number of methoxy groups -OCH3 is 1. The van der Waals surface area contributed by atoms with Gasteiger partial charge in [0.1, 0.15) is 16.8 Å². The Kier molecular flexibility index (Phi) is 7.79. The number of ether oxygens (including phenoxy) is 1. The van der Waals surface area contributed by atoms with Gasteiger partial charge in [0, 0.05) is 21.0 Å². The molecule has 1 heterocycles. The minimum Gasteiger partial charge on any atom is -0.497 e. The lowest BCUT2D eigenvalue weighted by Crippen LogP contribution is -2.22. The van der Waals surface area contributed by atoms with Gasteiger partial charge in [-0.05, 0) is 74.1 Å². The van der Waals surface area contributed by atoms with Crippen LogP contribution in [0.3, 0.4) is 0 Å². The molecule has 35 heavy (non-hydrogen) atoms. The van der Waals surface area contributed by atoms with E-state index in [1.54, 1.807) is 31.4 Å². The number of nitrogens with one attached hydrogen (secondary N) is 2. The second-order valence-corrected chi connectivity index (χ2v) is 11.2. The average molecular weight is 506 g/mol. The molecule has 1 aromatic heterocycles. The number of nitrogens with zero attached hydrogens (tertiary/aromatic N) is 1. The average Bonchev–Trinajstić information content (AvgIpc) is 3.19. The minimum absolute atomic E-state index is 0.149. The molecule has 0 aliphatic heterocycles. The van der Waals surface area contributed by atoms with Gasteiger partial charge in [0.2, 0.25) is 5.91 Å². The summed E-state index contributed by atoms with van der Waals surface area (Å²) in [5.74, 6) is 0.825. The molecule has 0 fully saturated rings. The number of amides is 2. The lowest BCUT2D eigenvalue weighted by atomic mass is 9.89. The molecule has 0 saturated carbocycles. The van der Waals surface area contributed by atoms with Crippen LogP contribution in [0.25, 0.3) is 0 Å². The number of nitriles is 1. The Bertz CT molecular complexity index is 1300. The van der Waals surface area contributed by atoms with Crippen molar-refractivity contribution in [2.45, 2.75) is 43.3 Å². The molecule has 8 heteroatoms. The highest BCUT2D eigenvalue weighted by atomic mass is 32.2. The van der Waals surface area contributed by atoms with Gasteiger partial charge < -0.3 is 15.4 Å². The van der Waals surface area contributed by atoms with Crippen molar-refractivity contribution < 1.29 is 14.3 Å². The first-order valence-electron chi connectivity index (χ1n) is 11.5. The van der Waals surface area contributed by atoms with E-state index in [0.29, 0.717) is 33.5 Å². The summed E-state index contributed by atoms with van der Waals surface area (Å²) in [4.78, 5) is 27.7. The highest BCUT2D eigenvalue weighted by Crippen LogP contribution is 2.39. The summed E-state index contributed by atoms with van der Waals surface area (Å²) in [5.41, 5.74) is 2.86. The summed E-state index contributed by atoms with van der Waals surface area (Å²) in [7, 11) is 1.56. The zero-order chi connectivity index (χ0) is 24.9. The van der Waals surface area contributed by atoms with Crippen LogP contribution in [0.15, 0.2) is 53.4 Å². The summed E-state index contributed by atoms with van der Waals surface area (Å²) in [6.45, 7) is 4.06. The summed E-state index contributed by atoms with van der Waals surface area (Å²) in [5, 5.41) is 15.8. The number of carbonyl (C=O) groups is 2. The van der Waals surface area contributed by atoms with Gasteiger partial charge in [-0.1, -0.05) is 19.1 Å². The Morgan fingerprint density at radius 3 is 2.77 bits per heavy atom. The molecular formula is C27H27N3O3S2. The number of thiophene rings is 1. The predicted octanol–water partition coefficient (Wildman–Crippen LogP) is 6.12. The van der Waals surface area contributed by atoms with Crippen LogP contribution < -0.4 is 15.4 Å². The van der Waals surface area contributed by atoms with Gasteiger partial charge in [-0.2, -0.15) is 5.26 Å². The van der Waals surface area contributed by atoms with Crippen LogP contribution in [0, 0.1) is 17.2 Å². The van der Waals surface area contributed by atoms with Crippen LogP contribution >= 0.6 is 23.1 Å². The van der Waals surface area contributed by atoms with E-state index < -0.39 is 0 Å². The van der Waals surface area contributed by atoms with Crippen molar-refractivity contribution in [3.63, 3.8) is 0 Å². The van der Waals surface area contributed by atoms with Gasteiger partial charge in [-0.15, -0.1) is 23.1 Å². The third kappa shape index (κ3) is 5.87. The lowest BCUT2D eigenvalue weighted by Gasteiger charge is -2.17. The zero-order valence-electron chi connectivity index (χ0n) is 19.9. The topological polar surface area (TPSA) is 91.2 Å². The van der Waals surface area contributed by atoms with E-state index in [-0.39, 0.29) is 17.1 Å². The van der Waals surface area contributed by atoms with Gasteiger partial charge in [0.05, 0.1) is 17.9 Å². The normalized spacial score (nSPS) is 15.4. The van der Waals surface area contributed by atoms with Crippen molar-refractivity contribution in [1.29, 1.82) is 5.26 Å². The molecule has 0 radical (unpaired) electrons. The first-order valence-corrected chi connectivity index (χ1v) is 13.1. The first kappa shape index (κ1) is 24.8. The van der Waals surface area contributed by atoms with E-state index >= 15 is 0 Å². The van der Waals surface area contributed by atoms with Gasteiger partial charge in [0.15, 0.2) is 0 Å². The summed E-state index contributed by atoms with van der Waals surface area (Å²) in [6, 6.07) is 16.7. The number of anilines is 2. The molecule has 180 valence electrons. The third-order valence-corrected chi connectivity index (χ3v) is 8.23. The monoisotopic (exact) mass is 505 g/mol. The van der Waals surface area contributed by atoms with Crippen LogP contribution in [0.2, 0.25) is 0 Å². The van der Waals surface area contributed by atoms with Crippen molar-refractivity contribution in [3.8, 4) is 11.8 Å². The molecule has 6 nitrogen and oxygen atoms in total. The van der Waals surface area contributed by atoms with Crippen molar-refractivity contribution >= 4 is 45.6 Å². The van der Waals surface area contributed by atoms with Crippen LogP contribution in [0.1, 0.15) is 46.6 Å². The standard InChI is InChI=1S/C27H27N3O3S2/c1-16-10-11-22-23(15-28)27(35-24(22)12-16)30-25(31)17(2)34-21-9-5-7-19(14-21)29-26(32)18-6-4-8-20(13-18)33-3/h4-9,13-14,16-17H,10-12H2,1-3H3,(H,29,32)(H,30,31). The molecule has 3 aromatic rings. The minimum atomic E-state index is -0.385. The molecular weight excluding hydrogens is 478 g/mol. The maximum atomic E-state index is 13.0. The van der Waals surface area contributed by atoms with Crippen molar-refractivity contribution in [1.82, 2.24) is 0 Å². The van der Waals surface area contributed by atoms with Crippen LogP contribution in [0.5, 0.6) is 5.75 Å². The predicted molar refractivity (Wildman–Crippen MR) is 142 cm³/mol. The van der Waals surface area contributed by atoms with Crippen LogP contribution in [-0.2, 0) is 17.6 Å². The highest BCUT2D eigenvalue weighted by molar-refractivity contribution is 8.00. The van der Waals surface area contributed by atoms with Gasteiger partial charge in [-0.25, -0.2) is 0 Å². The fourth-order valence-corrected chi connectivity index (χ4v) is 6.33. The Hall–Kier alpha value is -3.28. The molecule has 4 rings (SSSR count). The smallest absolute Gasteiger partial charge is 0.255 e. The van der Waals surface area contributed by atoms with E-state index in [9.17, 15) is 14.9 Å². The Morgan fingerprint density at radius 1 is 1.20 bits per heavy atom. The van der Waals surface area contributed by atoms with E-state index in [0.717, 1.165) is 29.7 Å². The zero-order valence-corrected chi connectivity index (χ0v) is 21.5. The fourth-order valence-electron chi connectivity index (χ4n) is 4.04. The Morgan fingerprint density at radius 2 is 2.00 bits per heavy atom. The van der Waals surface area contributed by atoms with Crippen molar-refractivity contribution in [2.24, 2.45) is 5.92 Å². The van der Waals surface area contributed by atoms with Crippen molar-refractivity contribution in [3.05, 3.63) is 70.1 Å². The molecule has 2 unspecified atom stereocenters.